The molecule has 0 amide bonds. The van der Waals surface area contributed by atoms with E-state index in [1.807, 2.05) is 43.3 Å². The van der Waals surface area contributed by atoms with Gasteiger partial charge in [0.2, 0.25) is 0 Å². The van der Waals surface area contributed by atoms with E-state index in [9.17, 15) is 9.59 Å². The molecule has 4 nitrogen and oxygen atoms in total. The van der Waals surface area contributed by atoms with E-state index in [4.69, 9.17) is 9.47 Å². The summed E-state index contributed by atoms with van der Waals surface area (Å²) in [4.78, 5) is 24.0. The maximum absolute atomic E-state index is 12.3. The Morgan fingerprint density at radius 2 is 1.56 bits per heavy atom. The van der Waals surface area contributed by atoms with Crippen molar-refractivity contribution in [3.63, 3.8) is 0 Å². The zero-order valence-corrected chi connectivity index (χ0v) is 23.1. The van der Waals surface area contributed by atoms with Crippen molar-refractivity contribution in [2.45, 2.75) is 95.5 Å². The lowest BCUT2D eigenvalue weighted by Crippen LogP contribution is -2.65. The molecule has 1 unspecified atom stereocenters. The molecule has 0 radical (unpaired) electrons. The Morgan fingerprint density at radius 3 is 2.11 bits per heavy atom. The van der Waals surface area contributed by atoms with E-state index < -0.39 is 8.32 Å². The van der Waals surface area contributed by atoms with Crippen molar-refractivity contribution in [1.82, 2.24) is 0 Å². The molecule has 2 aliphatic heterocycles. The molecule has 2 heterocycles. The van der Waals surface area contributed by atoms with Gasteiger partial charge in [0, 0.05) is 0 Å². The van der Waals surface area contributed by atoms with E-state index >= 15 is 0 Å². The molecule has 0 aromatic heterocycles. The van der Waals surface area contributed by atoms with E-state index in [-0.39, 0.29) is 35.2 Å². The van der Waals surface area contributed by atoms with Gasteiger partial charge in [-0.3, -0.25) is 4.79 Å². The monoisotopic (exact) mass is 506 g/mol. The third kappa shape index (κ3) is 5.85. The normalized spacial score (nSPS) is 24.8. The van der Waals surface area contributed by atoms with Crippen LogP contribution in [0.4, 0.5) is 0 Å². The van der Waals surface area contributed by atoms with Crippen LogP contribution in [0.3, 0.4) is 0 Å². The van der Waals surface area contributed by atoms with Crippen molar-refractivity contribution >= 4 is 24.7 Å². The molecule has 2 aliphatic rings. The van der Waals surface area contributed by atoms with Crippen LogP contribution in [0.15, 0.2) is 72.8 Å². The fraction of sp³-hybridized carbons (Fsp3) is 0.516. The topological polar surface area (TPSA) is 55.8 Å². The molecule has 0 spiro atoms. The molecule has 1 N–H and O–H groups in total. The van der Waals surface area contributed by atoms with Gasteiger partial charge in [-0.2, -0.15) is 0 Å². The van der Waals surface area contributed by atoms with Gasteiger partial charge in [0.05, 0.1) is 18.1 Å². The maximum Gasteiger partial charge on any atom is 0.309 e. The number of cyclic esters (lactones) is 1. The first-order valence-electron chi connectivity index (χ1n) is 13.6. The van der Waals surface area contributed by atoms with Crippen LogP contribution in [0.2, 0.25) is 5.04 Å². The largest absolute Gasteiger partial charge is 0.462 e. The summed E-state index contributed by atoms with van der Waals surface area (Å²) < 4.78 is 11.8. The Kier molecular flexibility index (Phi) is 8.54. The molecule has 0 bridgehead atoms. The molecule has 36 heavy (non-hydrogen) atoms. The fourth-order valence-corrected chi connectivity index (χ4v) is 9.79. The SMILES string of the molecule is C=C1C[C@H](CCCCC(C)(C)[Si](O)(c2ccccc2)c2ccccc2)OC1CC[C@@H]1C[C@@H](C)C(=O)O1. The van der Waals surface area contributed by atoms with Gasteiger partial charge in [0.1, 0.15) is 6.10 Å². The van der Waals surface area contributed by atoms with Gasteiger partial charge in [-0.1, -0.05) is 101 Å². The number of carbonyl (C=O) groups is 1. The van der Waals surface area contributed by atoms with Crippen molar-refractivity contribution in [3.8, 4) is 0 Å². The van der Waals surface area contributed by atoms with E-state index in [0.717, 1.165) is 61.7 Å². The van der Waals surface area contributed by atoms with Crippen LogP contribution >= 0.6 is 0 Å². The lowest BCUT2D eigenvalue weighted by molar-refractivity contribution is -0.144. The highest BCUT2D eigenvalue weighted by Gasteiger charge is 2.49. The molecule has 5 heteroatoms. The highest BCUT2D eigenvalue weighted by Crippen LogP contribution is 2.41. The first-order valence-corrected chi connectivity index (χ1v) is 15.5. The number of hydrogen-bond acceptors (Lipinski definition) is 4. The summed E-state index contributed by atoms with van der Waals surface area (Å²) in [5.74, 6) is -0.0503. The van der Waals surface area contributed by atoms with Gasteiger partial charge >= 0.3 is 5.97 Å². The average molecular weight is 507 g/mol. The quantitative estimate of drug-likeness (QED) is 0.189. The molecular weight excluding hydrogens is 464 g/mol. The van der Waals surface area contributed by atoms with Gasteiger partial charge in [0.15, 0.2) is 0 Å². The summed E-state index contributed by atoms with van der Waals surface area (Å²) in [5, 5.41) is 1.93. The Bertz CT molecular complexity index is 980. The molecule has 2 saturated heterocycles. The summed E-state index contributed by atoms with van der Waals surface area (Å²) in [6, 6.07) is 20.5. The Labute approximate surface area is 217 Å². The van der Waals surface area contributed by atoms with E-state index in [0.29, 0.717) is 0 Å². The lowest BCUT2D eigenvalue weighted by Gasteiger charge is -2.41. The molecule has 4 rings (SSSR count). The minimum atomic E-state index is -2.95. The van der Waals surface area contributed by atoms with E-state index in [1.165, 1.54) is 5.57 Å². The second-order valence-electron chi connectivity index (χ2n) is 11.5. The number of rotatable bonds is 11. The summed E-state index contributed by atoms with van der Waals surface area (Å²) in [6.07, 6.45) is 7.88. The van der Waals surface area contributed by atoms with Gasteiger partial charge in [-0.15, -0.1) is 0 Å². The Hall–Kier alpha value is -2.21. The zero-order chi connectivity index (χ0) is 25.8. The van der Waals surface area contributed by atoms with Crippen molar-refractivity contribution < 1.29 is 19.1 Å². The Morgan fingerprint density at radius 1 is 0.944 bits per heavy atom. The van der Waals surface area contributed by atoms with Crippen LogP contribution in [0.5, 0.6) is 0 Å². The Balaban J connectivity index is 1.29. The third-order valence-corrected chi connectivity index (χ3v) is 12.8. The maximum atomic E-state index is 12.3. The van der Waals surface area contributed by atoms with E-state index in [1.54, 1.807) is 0 Å². The van der Waals surface area contributed by atoms with Crippen LogP contribution in [0.1, 0.15) is 72.1 Å². The van der Waals surface area contributed by atoms with Gasteiger partial charge in [0.25, 0.3) is 8.32 Å². The predicted molar refractivity (Wildman–Crippen MR) is 148 cm³/mol. The number of hydrogen-bond donors (Lipinski definition) is 1. The van der Waals surface area contributed by atoms with Crippen molar-refractivity contribution in [3.05, 3.63) is 72.8 Å². The van der Waals surface area contributed by atoms with Gasteiger partial charge < -0.3 is 14.3 Å². The second-order valence-corrected chi connectivity index (χ2v) is 15.4. The molecule has 4 atom stereocenters. The number of benzene rings is 2. The number of unbranched alkanes of at least 4 members (excludes halogenated alkanes) is 1. The minimum absolute atomic E-state index is 0.0178. The molecule has 2 fully saturated rings. The van der Waals surface area contributed by atoms with Crippen LogP contribution in [-0.4, -0.2) is 37.4 Å². The molecule has 0 saturated carbocycles. The smallest absolute Gasteiger partial charge is 0.309 e. The highest BCUT2D eigenvalue weighted by molar-refractivity contribution is 6.98. The fourth-order valence-electron chi connectivity index (χ4n) is 6.00. The highest BCUT2D eigenvalue weighted by atomic mass is 28.4. The number of esters is 1. The molecule has 194 valence electrons. The minimum Gasteiger partial charge on any atom is -0.462 e. The molecule has 0 aliphatic carbocycles. The van der Waals surface area contributed by atoms with Crippen molar-refractivity contribution in [1.29, 1.82) is 0 Å². The van der Waals surface area contributed by atoms with Crippen molar-refractivity contribution in [2.24, 2.45) is 5.92 Å². The predicted octanol–water partition coefficient (Wildman–Crippen LogP) is 5.52. The average Bonchev–Trinajstić information content (AvgIpc) is 3.40. The first kappa shape index (κ1) is 26.8. The second kappa shape index (κ2) is 11.5. The zero-order valence-electron chi connectivity index (χ0n) is 22.1. The molecule has 2 aromatic carbocycles. The third-order valence-electron chi connectivity index (χ3n) is 8.29. The number of ether oxygens (including phenoxy) is 2. The standard InChI is InChI=1S/C31H42O4Si/c1-23-21-25(34-29(23)19-18-26-22-24(2)30(32)35-26)13-11-12-20-31(3,4)36(33,27-14-7-5-8-15-27)28-16-9-6-10-17-28/h5-10,14-17,24-26,29,33H,1,11-13,18-22H2,2-4H3/t24-,25+,26-,29?/m1/s1. The summed E-state index contributed by atoms with van der Waals surface area (Å²) in [6.45, 7) is 10.7. The molecular formula is C31H42O4Si. The number of carbonyl (C=O) groups excluding carboxylic acids is 1. The van der Waals surface area contributed by atoms with Crippen LogP contribution in [-0.2, 0) is 14.3 Å². The summed E-state index contributed by atoms with van der Waals surface area (Å²) >= 11 is 0. The van der Waals surface area contributed by atoms with Crippen molar-refractivity contribution in [2.75, 3.05) is 0 Å². The van der Waals surface area contributed by atoms with E-state index in [2.05, 4.69) is 44.7 Å². The van der Waals surface area contributed by atoms with Crippen LogP contribution in [0, 0.1) is 5.92 Å². The van der Waals surface area contributed by atoms with Gasteiger partial charge in [-0.05, 0) is 59.5 Å². The van der Waals surface area contributed by atoms with Gasteiger partial charge in [-0.25, -0.2) is 0 Å². The lowest BCUT2D eigenvalue weighted by atomic mass is 9.98. The first-order chi connectivity index (χ1) is 17.2. The molecule has 2 aromatic rings. The van der Waals surface area contributed by atoms with Crippen LogP contribution < -0.4 is 10.4 Å². The van der Waals surface area contributed by atoms with Crippen LogP contribution in [0.25, 0.3) is 0 Å². The summed E-state index contributed by atoms with van der Waals surface area (Å²) in [7, 11) is -2.95. The summed E-state index contributed by atoms with van der Waals surface area (Å²) in [5.41, 5.74) is 1.17.